The molecule has 2 unspecified atom stereocenters. The zero-order valence-corrected chi connectivity index (χ0v) is 17.9. The largest absolute Gasteiger partial charge is 0.469 e. The molecule has 0 radical (unpaired) electrons. The molecule has 7 nitrogen and oxygen atoms in total. The van der Waals surface area contributed by atoms with E-state index in [0.717, 1.165) is 10.5 Å². The van der Waals surface area contributed by atoms with Crippen molar-refractivity contribution in [2.45, 2.75) is 37.9 Å². The lowest BCUT2D eigenvalue weighted by Crippen LogP contribution is -2.73. The maximum atomic E-state index is 13.3. The van der Waals surface area contributed by atoms with E-state index in [1.54, 1.807) is 29.2 Å². The van der Waals surface area contributed by atoms with E-state index >= 15 is 0 Å². The molecule has 4 rings (SSSR count). The fourth-order valence-electron chi connectivity index (χ4n) is 4.35. The first-order chi connectivity index (χ1) is 15.5. The smallest absolute Gasteiger partial charge is 0.307 e. The van der Waals surface area contributed by atoms with Gasteiger partial charge < -0.3 is 9.64 Å². The summed E-state index contributed by atoms with van der Waals surface area (Å²) in [4.78, 5) is 53.9. The number of amides is 3. The summed E-state index contributed by atoms with van der Waals surface area (Å²) in [6.45, 7) is 1.88. The minimum Gasteiger partial charge on any atom is -0.469 e. The number of β-lactam (4-membered cyclic amide) rings is 1. The Labute approximate surface area is 186 Å². The number of rotatable bonds is 7. The molecule has 2 aliphatic heterocycles. The van der Waals surface area contributed by atoms with Gasteiger partial charge in [-0.05, 0) is 24.1 Å². The van der Waals surface area contributed by atoms with Gasteiger partial charge in [-0.25, -0.2) is 0 Å². The van der Waals surface area contributed by atoms with Gasteiger partial charge in [0.15, 0.2) is 0 Å². The van der Waals surface area contributed by atoms with Crippen LogP contribution in [0.5, 0.6) is 0 Å². The molecule has 1 saturated heterocycles. The number of hydrogen-bond donors (Lipinski definition) is 0. The number of esters is 1. The molecule has 0 bridgehead atoms. The number of carbonyl (C=O) groups excluding carboxylic acids is 4. The second-order valence-corrected chi connectivity index (χ2v) is 7.82. The number of likely N-dealkylation sites (tertiary alicyclic amines) is 1. The number of benzene rings is 2. The number of nitrogens with zero attached hydrogens (tertiary/aromatic N) is 2. The summed E-state index contributed by atoms with van der Waals surface area (Å²) in [5.74, 6) is -1.71. The van der Waals surface area contributed by atoms with Crippen molar-refractivity contribution in [3.63, 3.8) is 0 Å². The summed E-state index contributed by atoms with van der Waals surface area (Å²) >= 11 is 0. The molecule has 3 atom stereocenters. The van der Waals surface area contributed by atoms with Gasteiger partial charge in [0.25, 0.3) is 11.8 Å². The SMILES string of the molecule is CC[C@@H](CC(=O)OC)N1C(=O)C(N2C(=O)c3ccccc3C2=O)C1C=Cc1ccccc1. The molecule has 7 heteroatoms. The topological polar surface area (TPSA) is 84.0 Å². The highest BCUT2D eigenvalue weighted by atomic mass is 16.5. The number of hydrogen-bond acceptors (Lipinski definition) is 5. The van der Waals surface area contributed by atoms with E-state index in [9.17, 15) is 19.2 Å². The van der Waals surface area contributed by atoms with Crippen LogP contribution in [0.2, 0.25) is 0 Å². The van der Waals surface area contributed by atoms with Crippen molar-refractivity contribution >= 4 is 29.8 Å². The Bertz CT molecular complexity index is 1060. The maximum Gasteiger partial charge on any atom is 0.307 e. The Morgan fingerprint density at radius 2 is 1.59 bits per heavy atom. The van der Waals surface area contributed by atoms with Crippen molar-refractivity contribution in [1.29, 1.82) is 0 Å². The van der Waals surface area contributed by atoms with Crippen molar-refractivity contribution in [2.24, 2.45) is 0 Å². The number of fused-ring (bicyclic) bond motifs is 1. The van der Waals surface area contributed by atoms with E-state index < -0.39 is 35.9 Å². The van der Waals surface area contributed by atoms with Crippen LogP contribution < -0.4 is 0 Å². The lowest BCUT2D eigenvalue weighted by atomic mass is 9.88. The molecule has 32 heavy (non-hydrogen) atoms. The van der Waals surface area contributed by atoms with Crippen LogP contribution in [0, 0.1) is 0 Å². The standard InChI is InChI=1S/C25H24N2O5/c1-3-17(15-21(28)32-2)26-20(14-13-16-9-5-4-6-10-16)22(25(26)31)27-23(29)18-11-7-8-12-19(18)24(27)30/h4-14,17,20,22H,3,15H2,1-2H3/t17-,20?,22?/m0/s1. The van der Waals surface area contributed by atoms with Gasteiger partial charge >= 0.3 is 5.97 Å². The second kappa shape index (κ2) is 8.78. The molecule has 0 saturated carbocycles. The molecular weight excluding hydrogens is 408 g/mol. The third-order valence-electron chi connectivity index (χ3n) is 6.04. The first kappa shape index (κ1) is 21.5. The van der Waals surface area contributed by atoms with E-state index in [1.165, 1.54) is 7.11 Å². The summed E-state index contributed by atoms with van der Waals surface area (Å²) in [6, 6.07) is 14.2. The predicted molar refractivity (Wildman–Crippen MR) is 118 cm³/mol. The molecule has 164 valence electrons. The first-order valence-electron chi connectivity index (χ1n) is 10.6. The van der Waals surface area contributed by atoms with Crippen molar-refractivity contribution in [2.75, 3.05) is 7.11 Å². The van der Waals surface area contributed by atoms with E-state index in [1.807, 2.05) is 49.4 Å². The van der Waals surface area contributed by atoms with Crippen LogP contribution >= 0.6 is 0 Å². The van der Waals surface area contributed by atoms with E-state index in [2.05, 4.69) is 0 Å². The highest BCUT2D eigenvalue weighted by molar-refractivity contribution is 6.23. The average Bonchev–Trinajstić information content (AvgIpc) is 3.06. The van der Waals surface area contributed by atoms with Crippen molar-refractivity contribution in [3.05, 3.63) is 77.4 Å². The van der Waals surface area contributed by atoms with E-state index in [4.69, 9.17) is 4.74 Å². The van der Waals surface area contributed by atoms with E-state index in [-0.39, 0.29) is 12.3 Å². The number of carbonyl (C=O) groups is 4. The van der Waals surface area contributed by atoms with Crippen LogP contribution in [0.25, 0.3) is 6.08 Å². The zero-order chi connectivity index (χ0) is 22.8. The summed E-state index contributed by atoms with van der Waals surface area (Å²) in [6.07, 6.45) is 4.26. The van der Waals surface area contributed by atoms with Gasteiger partial charge in [0.2, 0.25) is 5.91 Å². The van der Waals surface area contributed by atoms with Crippen LogP contribution in [0.1, 0.15) is 46.0 Å². The van der Waals surface area contributed by atoms with Gasteiger partial charge in [-0.2, -0.15) is 0 Å². The van der Waals surface area contributed by atoms with Crippen molar-refractivity contribution < 1.29 is 23.9 Å². The Morgan fingerprint density at radius 3 is 2.16 bits per heavy atom. The Kier molecular flexibility index (Phi) is 5.90. The highest BCUT2D eigenvalue weighted by Gasteiger charge is 2.56. The highest BCUT2D eigenvalue weighted by Crippen LogP contribution is 2.36. The summed E-state index contributed by atoms with van der Waals surface area (Å²) in [7, 11) is 1.31. The molecule has 3 amide bonds. The molecule has 1 fully saturated rings. The van der Waals surface area contributed by atoms with Gasteiger partial charge in [0.05, 0.1) is 30.7 Å². The van der Waals surface area contributed by atoms with Crippen molar-refractivity contribution in [3.8, 4) is 0 Å². The van der Waals surface area contributed by atoms with Crippen LogP contribution in [0.3, 0.4) is 0 Å². The average molecular weight is 432 g/mol. The molecule has 2 aromatic rings. The molecule has 2 heterocycles. The zero-order valence-electron chi connectivity index (χ0n) is 17.9. The van der Waals surface area contributed by atoms with Gasteiger partial charge in [0.1, 0.15) is 6.04 Å². The van der Waals surface area contributed by atoms with Crippen LogP contribution in [0.15, 0.2) is 60.7 Å². The summed E-state index contributed by atoms with van der Waals surface area (Å²) < 4.78 is 4.79. The maximum absolute atomic E-state index is 13.3. The Balaban J connectivity index is 1.68. The molecule has 0 N–H and O–H groups in total. The van der Waals surface area contributed by atoms with Crippen LogP contribution in [0.4, 0.5) is 0 Å². The lowest BCUT2D eigenvalue weighted by molar-refractivity contribution is -0.159. The quantitative estimate of drug-likeness (QED) is 0.382. The van der Waals surface area contributed by atoms with Gasteiger partial charge in [-0.15, -0.1) is 0 Å². The van der Waals surface area contributed by atoms with Gasteiger partial charge in [-0.1, -0.05) is 61.5 Å². The predicted octanol–water partition coefficient (Wildman–Crippen LogP) is 2.92. The minimum atomic E-state index is -0.950. The van der Waals surface area contributed by atoms with Crippen LogP contribution in [-0.4, -0.2) is 58.7 Å². The molecule has 0 aromatic heterocycles. The van der Waals surface area contributed by atoms with Crippen molar-refractivity contribution in [1.82, 2.24) is 9.80 Å². The third kappa shape index (κ3) is 3.60. The lowest BCUT2D eigenvalue weighted by Gasteiger charge is -2.51. The first-order valence-corrected chi connectivity index (χ1v) is 10.6. The van der Waals surface area contributed by atoms with Crippen LogP contribution in [-0.2, 0) is 14.3 Å². The fourth-order valence-corrected chi connectivity index (χ4v) is 4.35. The monoisotopic (exact) mass is 432 g/mol. The number of imide groups is 1. The molecule has 2 aromatic carbocycles. The third-order valence-corrected chi connectivity index (χ3v) is 6.04. The normalized spacial score (nSPS) is 21.0. The second-order valence-electron chi connectivity index (χ2n) is 7.82. The molecule has 2 aliphatic rings. The van der Waals surface area contributed by atoms with Gasteiger partial charge in [-0.3, -0.25) is 24.1 Å². The number of methoxy groups -OCH3 is 1. The molecule has 0 aliphatic carbocycles. The fraction of sp³-hybridized carbons (Fsp3) is 0.280. The molecular formula is C25H24N2O5. The summed E-state index contributed by atoms with van der Waals surface area (Å²) in [5, 5.41) is 0. The van der Waals surface area contributed by atoms with E-state index in [0.29, 0.717) is 17.5 Å². The minimum absolute atomic E-state index is 0.0449. The molecule has 0 spiro atoms. The Hall–Kier alpha value is -3.74. The summed E-state index contributed by atoms with van der Waals surface area (Å²) in [5.41, 5.74) is 1.53. The van der Waals surface area contributed by atoms with Gasteiger partial charge in [0, 0.05) is 6.04 Å². The number of ether oxygens (including phenoxy) is 1. The Morgan fingerprint density at radius 1 is 1.00 bits per heavy atom.